The Hall–Kier alpha value is -3.94. The lowest BCUT2D eigenvalue weighted by Crippen LogP contribution is -2.43. The molecule has 0 radical (unpaired) electrons. The first-order valence-corrected chi connectivity index (χ1v) is 9.41. The molecule has 0 fully saturated rings. The number of carbonyl (C=O) groups excluding carboxylic acids is 2. The summed E-state index contributed by atoms with van der Waals surface area (Å²) in [6, 6.07) is 15.6. The molecule has 0 aliphatic heterocycles. The Morgan fingerprint density at radius 2 is 1.77 bits per heavy atom. The summed E-state index contributed by atoms with van der Waals surface area (Å²) >= 11 is 0. The van der Waals surface area contributed by atoms with Crippen LogP contribution in [0.3, 0.4) is 0 Å². The highest BCUT2D eigenvalue weighted by atomic mass is 16.5. The van der Waals surface area contributed by atoms with Crippen molar-refractivity contribution >= 4 is 17.9 Å². The third-order valence-corrected chi connectivity index (χ3v) is 4.23. The predicted molar refractivity (Wildman–Crippen MR) is 112 cm³/mol. The van der Waals surface area contributed by atoms with Crippen molar-refractivity contribution in [3.8, 4) is 5.75 Å². The molecule has 3 aromatic rings. The number of nitrogens with one attached hydrogen (secondary N) is 2. The molecule has 2 aromatic carbocycles. The van der Waals surface area contributed by atoms with Gasteiger partial charge in [-0.2, -0.15) is 0 Å². The van der Waals surface area contributed by atoms with Crippen molar-refractivity contribution in [2.24, 2.45) is 0 Å². The van der Waals surface area contributed by atoms with Crippen LogP contribution < -0.4 is 15.6 Å². The Labute approximate surface area is 174 Å². The molecule has 2 N–H and O–H groups in total. The topological polar surface area (TPSA) is 98.1 Å². The molecule has 1 aromatic heterocycles. The Morgan fingerprint density at radius 1 is 1.03 bits per heavy atom. The molecule has 2 amide bonds. The third-order valence-electron chi connectivity index (χ3n) is 4.23. The number of hydrazine groups is 1. The third kappa shape index (κ3) is 6.03. The summed E-state index contributed by atoms with van der Waals surface area (Å²) in [5, 5.41) is 8.03. The number of benzene rings is 2. The molecule has 0 bridgehead atoms. The fourth-order valence-electron chi connectivity index (χ4n) is 2.77. The molecule has 0 unspecified atom stereocenters. The van der Waals surface area contributed by atoms with Gasteiger partial charge in [-0.1, -0.05) is 53.7 Å². The van der Waals surface area contributed by atoms with Crippen LogP contribution in [0, 0.1) is 13.8 Å². The monoisotopic (exact) mass is 405 g/mol. The predicted octanol–water partition coefficient (Wildman–Crippen LogP) is 2.18. The fraction of sp³-hybridized carbons (Fsp3) is 0.182. The summed E-state index contributed by atoms with van der Waals surface area (Å²) in [7, 11) is 0. The van der Waals surface area contributed by atoms with Crippen LogP contribution >= 0.6 is 0 Å². The second-order valence-electron chi connectivity index (χ2n) is 6.71. The number of carbonyl (C=O) groups is 2. The van der Waals surface area contributed by atoms with Crippen molar-refractivity contribution in [1.82, 2.24) is 25.8 Å². The van der Waals surface area contributed by atoms with Gasteiger partial charge in [-0.05, 0) is 36.6 Å². The molecule has 3 rings (SSSR count). The van der Waals surface area contributed by atoms with Crippen molar-refractivity contribution in [3.05, 3.63) is 83.2 Å². The van der Waals surface area contributed by atoms with E-state index in [2.05, 4.69) is 21.2 Å². The molecule has 0 saturated heterocycles. The number of rotatable bonds is 7. The van der Waals surface area contributed by atoms with E-state index in [9.17, 15) is 9.59 Å². The molecule has 8 heteroatoms. The Bertz CT molecular complexity index is 1020. The molecule has 0 aliphatic carbocycles. The standard InChI is InChI=1S/C22H23N5O3/c1-16-7-6-8-17(2)22(16)30-15-21(29)25-24-20(28)12-11-19-14-27(26-23-19)13-18-9-4-3-5-10-18/h3-12,14H,13,15H2,1-2H3,(H,24,28)(H,25,29)/b12-11+. The highest BCUT2D eigenvalue weighted by Gasteiger charge is 2.08. The first-order valence-electron chi connectivity index (χ1n) is 9.41. The van der Waals surface area contributed by atoms with Crippen LogP contribution in [0.1, 0.15) is 22.4 Å². The highest BCUT2D eigenvalue weighted by Crippen LogP contribution is 2.21. The fourth-order valence-corrected chi connectivity index (χ4v) is 2.77. The van der Waals surface area contributed by atoms with Crippen LogP contribution in [-0.4, -0.2) is 33.4 Å². The van der Waals surface area contributed by atoms with E-state index in [0.717, 1.165) is 16.7 Å². The number of aromatic nitrogens is 3. The second-order valence-corrected chi connectivity index (χ2v) is 6.71. The van der Waals surface area contributed by atoms with Gasteiger partial charge in [-0.25, -0.2) is 4.68 Å². The molecule has 1 heterocycles. The molecule has 0 saturated carbocycles. The van der Waals surface area contributed by atoms with E-state index in [1.165, 1.54) is 12.2 Å². The van der Waals surface area contributed by atoms with Gasteiger partial charge >= 0.3 is 0 Å². The molecular formula is C22H23N5O3. The Kier molecular flexibility index (Phi) is 6.94. The van der Waals surface area contributed by atoms with E-state index in [0.29, 0.717) is 18.0 Å². The van der Waals surface area contributed by atoms with E-state index in [4.69, 9.17) is 4.74 Å². The normalized spacial score (nSPS) is 10.7. The van der Waals surface area contributed by atoms with Gasteiger partial charge in [0.05, 0.1) is 12.7 Å². The molecule has 0 aliphatic rings. The van der Waals surface area contributed by atoms with Crippen molar-refractivity contribution in [2.75, 3.05) is 6.61 Å². The zero-order chi connectivity index (χ0) is 21.3. The van der Waals surface area contributed by atoms with Crippen LogP contribution in [0.4, 0.5) is 0 Å². The summed E-state index contributed by atoms with van der Waals surface area (Å²) in [6.07, 6.45) is 4.51. The van der Waals surface area contributed by atoms with E-state index in [-0.39, 0.29) is 6.61 Å². The summed E-state index contributed by atoms with van der Waals surface area (Å²) in [6.45, 7) is 4.19. The Morgan fingerprint density at radius 3 is 2.50 bits per heavy atom. The van der Waals surface area contributed by atoms with Crippen LogP contribution in [0.5, 0.6) is 5.75 Å². The van der Waals surface area contributed by atoms with Crippen molar-refractivity contribution in [3.63, 3.8) is 0 Å². The molecule has 154 valence electrons. The molecule has 30 heavy (non-hydrogen) atoms. The molecule has 8 nitrogen and oxygen atoms in total. The maximum atomic E-state index is 11.9. The van der Waals surface area contributed by atoms with Crippen LogP contribution in [0.2, 0.25) is 0 Å². The van der Waals surface area contributed by atoms with Gasteiger partial charge in [-0.3, -0.25) is 20.4 Å². The number of hydrogen-bond donors (Lipinski definition) is 2. The quantitative estimate of drug-likeness (QED) is 0.464. The van der Waals surface area contributed by atoms with Crippen molar-refractivity contribution < 1.29 is 14.3 Å². The van der Waals surface area contributed by atoms with Crippen LogP contribution in [0.15, 0.2) is 60.8 Å². The number of nitrogens with zero attached hydrogens (tertiary/aromatic N) is 3. The van der Waals surface area contributed by atoms with E-state index >= 15 is 0 Å². The first-order chi connectivity index (χ1) is 14.5. The number of para-hydroxylation sites is 1. The maximum absolute atomic E-state index is 11.9. The van der Waals surface area contributed by atoms with E-state index in [1.807, 2.05) is 62.4 Å². The van der Waals surface area contributed by atoms with Gasteiger partial charge in [0.1, 0.15) is 11.4 Å². The zero-order valence-corrected chi connectivity index (χ0v) is 16.8. The summed E-state index contributed by atoms with van der Waals surface area (Å²) < 4.78 is 7.22. The summed E-state index contributed by atoms with van der Waals surface area (Å²) in [4.78, 5) is 23.8. The van der Waals surface area contributed by atoms with E-state index < -0.39 is 11.8 Å². The van der Waals surface area contributed by atoms with Gasteiger partial charge < -0.3 is 4.74 Å². The molecular weight excluding hydrogens is 382 g/mol. The van der Waals surface area contributed by atoms with Crippen LogP contribution in [-0.2, 0) is 16.1 Å². The lowest BCUT2D eigenvalue weighted by Gasteiger charge is -2.11. The number of aryl methyl sites for hydroxylation is 2. The largest absolute Gasteiger partial charge is 0.483 e. The Balaban J connectivity index is 1.43. The number of ether oxygens (including phenoxy) is 1. The zero-order valence-electron chi connectivity index (χ0n) is 16.8. The van der Waals surface area contributed by atoms with Crippen molar-refractivity contribution in [2.45, 2.75) is 20.4 Å². The minimum Gasteiger partial charge on any atom is -0.483 e. The molecule has 0 spiro atoms. The number of amides is 2. The molecule has 0 atom stereocenters. The lowest BCUT2D eigenvalue weighted by atomic mass is 10.1. The average Bonchev–Trinajstić information content (AvgIpc) is 3.18. The minimum atomic E-state index is -0.493. The van der Waals surface area contributed by atoms with Gasteiger partial charge in [0.2, 0.25) is 0 Å². The SMILES string of the molecule is Cc1cccc(C)c1OCC(=O)NNC(=O)/C=C/c1cn(Cc2ccccc2)nn1. The summed E-state index contributed by atoms with van der Waals surface area (Å²) in [5.41, 5.74) is 8.13. The average molecular weight is 405 g/mol. The van der Waals surface area contributed by atoms with Gasteiger partial charge in [0.15, 0.2) is 6.61 Å². The van der Waals surface area contributed by atoms with Gasteiger partial charge in [-0.15, -0.1) is 5.10 Å². The van der Waals surface area contributed by atoms with Crippen molar-refractivity contribution in [1.29, 1.82) is 0 Å². The first kappa shape index (κ1) is 20.8. The van der Waals surface area contributed by atoms with E-state index in [1.54, 1.807) is 10.9 Å². The van der Waals surface area contributed by atoms with Crippen LogP contribution in [0.25, 0.3) is 6.08 Å². The second kappa shape index (κ2) is 10.0. The maximum Gasteiger partial charge on any atom is 0.276 e. The summed E-state index contributed by atoms with van der Waals surface area (Å²) in [5.74, 6) is -0.293. The lowest BCUT2D eigenvalue weighted by molar-refractivity contribution is -0.128. The highest BCUT2D eigenvalue weighted by molar-refractivity contribution is 5.93. The smallest absolute Gasteiger partial charge is 0.276 e. The van der Waals surface area contributed by atoms with Gasteiger partial charge in [0.25, 0.3) is 11.8 Å². The number of hydrogen-bond acceptors (Lipinski definition) is 5. The van der Waals surface area contributed by atoms with Gasteiger partial charge in [0, 0.05) is 6.08 Å². The minimum absolute atomic E-state index is 0.205.